The molecular formula is C47H53N9O6. The number of aromatic amines is 2. The third-order valence-corrected chi connectivity index (χ3v) is 12.8. The molecule has 2 aliphatic heterocycles. The Hall–Kier alpha value is -6.69. The maximum Gasteiger partial charge on any atom is 0.407 e. The molecule has 8 rings (SSSR count). The predicted octanol–water partition coefficient (Wildman–Crippen LogP) is 7.51. The van der Waals surface area contributed by atoms with Gasteiger partial charge in [-0.05, 0) is 82.5 Å². The number of alkyl carbamates (subject to hydrolysis) is 2. The quantitative estimate of drug-likeness (QED) is 0.104. The molecule has 0 bridgehead atoms. The number of nitrogens with zero attached hydrogens (tertiary/aromatic N) is 5. The number of ether oxygens (including phenoxy) is 2. The van der Waals surface area contributed by atoms with Crippen molar-refractivity contribution in [2.24, 2.45) is 23.2 Å². The number of hydrogen-bond donors (Lipinski definition) is 4. The Balaban J connectivity index is 0.962. The molecular weight excluding hydrogens is 787 g/mol. The molecule has 322 valence electrons. The van der Waals surface area contributed by atoms with Crippen LogP contribution in [0.3, 0.4) is 0 Å². The first kappa shape index (κ1) is 42.0. The maximum absolute atomic E-state index is 13.9. The zero-order valence-electron chi connectivity index (χ0n) is 35.9. The zero-order chi connectivity index (χ0) is 43.9. The molecule has 1 saturated carbocycles. The summed E-state index contributed by atoms with van der Waals surface area (Å²) in [5.41, 5.74) is 5.79. The summed E-state index contributed by atoms with van der Waals surface area (Å²) in [6, 6.07) is 21.1. The molecule has 15 nitrogen and oxygen atoms in total. The molecule has 3 aliphatic rings. The molecule has 4 heterocycles. The van der Waals surface area contributed by atoms with Crippen molar-refractivity contribution in [3.05, 3.63) is 84.7 Å². The summed E-state index contributed by atoms with van der Waals surface area (Å²) in [7, 11) is 2.56. The van der Waals surface area contributed by atoms with E-state index < -0.39 is 30.3 Å². The highest BCUT2D eigenvalue weighted by Crippen LogP contribution is 2.58. The van der Waals surface area contributed by atoms with Crippen LogP contribution in [0.25, 0.3) is 44.4 Å². The van der Waals surface area contributed by atoms with Crippen molar-refractivity contribution >= 4 is 34.8 Å². The molecule has 1 spiro atoms. The standard InChI is InChI=1S/C47H53N9O6/c1-26(2)39(53-45(59)61-5)43(57)55-24-28(21-48)17-37(55)41-49-22-35(51-41)30-9-7-29(8-10-30)31-11-12-33-19-34(14-13-32(33)18-31)36-23-50-42(52-36)38-20-47(15-16-47)25-56(38)44(58)40(27(3)4)54-46(60)62-6/h7-14,18-19,22-23,26-28,37-40H,15-17,20,24-25H2,1-6H3,(H,49,51)(H,50,52)(H,53,59)(H,54,60)/t28-,37+,38+,39+,40+/m1/s1. The second kappa shape index (κ2) is 17.0. The van der Waals surface area contributed by atoms with Crippen molar-refractivity contribution < 1.29 is 28.7 Å². The topological polar surface area (TPSA) is 198 Å². The number of imidazole rings is 2. The summed E-state index contributed by atoms with van der Waals surface area (Å²) in [5, 5.41) is 17.3. The molecule has 1 aliphatic carbocycles. The fraction of sp³-hybridized carbons (Fsp3) is 0.426. The molecule has 3 aromatic carbocycles. The van der Waals surface area contributed by atoms with Crippen LogP contribution in [0.2, 0.25) is 0 Å². The van der Waals surface area contributed by atoms with Gasteiger partial charge in [-0.15, -0.1) is 0 Å². The van der Waals surface area contributed by atoms with E-state index in [1.54, 1.807) is 11.1 Å². The van der Waals surface area contributed by atoms with E-state index in [0.29, 0.717) is 18.8 Å². The number of benzene rings is 3. The van der Waals surface area contributed by atoms with E-state index >= 15 is 0 Å². The molecule has 0 radical (unpaired) electrons. The summed E-state index contributed by atoms with van der Waals surface area (Å²) < 4.78 is 9.58. The minimum Gasteiger partial charge on any atom is -0.453 e. The Bertz CT molecular complexity index is 2530. The fourth-order valence-corrected chi connectivity index (χ4v) is 9.00. The van der Waals surface area contributed by atoms with Crippen LogP contribution in [0, 0.1) is 34.5 Å². The third-order valence-electron chi connectivity index (χ3n) is 12.8. The van der Waals surface area contributed by atoms with Crippen LogP contribution in [0.15, 0.2) is 73.1 Å². The number of likely N-dealkylation sites (tertiary alicyclic amines) is 2. The molecule has 0 unspecified atom stereocenters. The van der Waals surface area contributed by atoms with E-state index in [1.807, 2.05) is 50.9 Å². The summed E-state index contributed by atoms with van der Waals surface area (Å²) in [5.74, 6) is 0.263. The van der Waals surface area contributed by atoms with Crippen LogP contribution in [0.1, 0.15) is 77.1 Å². The van der Waals surface area contributed by atoms with Crippen LogP contribution in [-0.4, -0.2) is 93.1 Å². The monoisotopic (exact) mass is 839 g/mol. The lowest BCUT2D eigenvalue weighted by Crippen LogP contribution is -2.51. The number of rotatable bonds is 11. The van der Waals surface area contributed by atoms with Gasteiger partial charge in [0, 0.05) is 18.7 Å². The first-order chi connectivity index (χ1) is 29.8. The number of fused-ring (bicyclic) bond motifs is 1. The number of H-pyrrole nitrogens is 2. The van der Waals surface area contributed by atoms with Gasteiger partial charge >= 0.3 is 12.2 Å². The van der Waals surface area contributed by atoms with E-state index in [0.717, 1.165) is 69.5 Å². The first-order valence-electron chi connectivity index (χ1n) is 21.2. The lowest BCUT2D eigenvalue weighted by molar-refractivity contribution is -0.136. The predicted molar refractivity (Wildman–Crippen MR) is 232 cm³/mol. The zero-order valence-corrected chi connectivity index (χ0v) is 35.9. The fourth-order valence-electron chi connectivity index (χ4n) is 9.00. The van der Waals surface area contributed by atoms with Crippen molar-refractivity contribution in [3.8, 4) is 39.7 Å². The largest absolute Gasteiger partial charge is 0.453 e. The summed E-state index contributed by atoms with van der Waals surface area (Å²) >= 11 is 0. The molecule has 15 heteroatoms. The van der Waals surface area contributed by atoms with Crippen molar-refractivity contribution in [1.29, 1.82) is 5.26 Å². The van der Waals surface area contributed by atoms with Gasteiger partial charge in [0.05, 0.1) is 62.1 Å². The Kier molecular flexibility index (Phi) is 11.5. The molecule has 4 amide bonds. The van der Waals surface area contributed by atoms with Crippen LogP contribution in [-0.2, 0) is 19.1 Å². The van der Waals surface area contributed by atoms with Gasteiger partial charge in [0.25, 0.3) is 0 Å². The van der Waals surface area contributed by atoms with E-state index in [1.165, 1.54) is 14.2 Å². The summed E-state index contributed by atoms with van der Waals surface area (Å²) in [4.78, 5) is 71.7. The Morgan fingerprint density at radius 2 is 1.23 bits per heavy atom. The van der Waals surface area contributed by atoms with Gasteiger partial charge in [-0.1, -0.05) is 76.2 Å². The Labute approximate surface area is 360 Å². The lowest BCUT2D eigenvalue weighted by Gasteiger charge is -2.30. The minimum absolute atomic E-state index is 0.110. The molecule has 3 fully saturated rings. The van der Waals surface area contributed by atoms with Gasteiger partial charge in [-0.2, -0.15) is 5.26 Å². The number of carbonyl (C=O) groups is 4. The normalized spacial score (nSPS) is 20.0. The van der Waals surface area contributed by atoms with Crippen LogP contribution < -0.4 is 10.6 Å². The average Bonchev–Trinajstić information content (AvgIpc) is 3.78. The van der Waals surface area contributed by atoms with Crippen LogP contribution in [0.4, 0.5) is 9.59 Å². The molecule has 5 atom stereocenters. The Morgan fingerprint density at radius 3 is 1.77 bits per heavy atom. The maximum atomic E-state index is 13.9. The molecule has 62 heavy (non-hydrogen) atoms. The van der Waals surface area contributed by atoms with E-state index in [-0.39, 0.29) is 47.6 Å². The summed E-state index contributed by atoms with van der Waals surface area (Å²) in [6.45, 7) is 8.43. The number of amides is 4. The van der Waals surface area contributed by atoms with Crippen molar-refractivity contribution in [3.63, 3.8) is 0 Å². The number of nitrogens with one attached hydrogen (secondary N) is 4. The van der Waals surface area contributed by atoms with Gasteiger partial charge in [0.1, 0.15) is 23.7 Å². The number of hydrogen-bond acceptors (Lipinski definition) is 9. The molecule has 2 aromatic heterocycles. The highest BCUT2D eigenvalue weighted by Gasteiger charge is 2.55. The molecule has 5 aromatic rings. The van der Waals surface area contributed by atoms with Crippen molar-refractivity contribution in [1.82, 2.24) is 40.4 Å². The Morgan fingerprint density at radius 1 is 0.726 bits per heavy atom. The van der Waals surface area contributed by atoms with E-state index in [2.05, 4.69) is 80.2 Å². The number of carbonyl (C=O) groups excluding carboxylic acids is 4. The first-order valence-corrected chi connectivity index (χ1v) is 21.2. The second-order valence-electron chi connectivity index (χ2n) is 17.7. The number of aromatic nitrogens is 4. The number of nitriles is 1. The van der Waals surface area contributed by atoms with Crippen molar-refractivity contribution in [2.75, 3.05) is 27.3 Å². The van der Waals surface area contributed by atoms with Gasteiger partial charge in [0.15, 0.2) is 0 Å². The van der Waals surface area contributed by atoms with Gasteiger partial charge in [-0.25, -0.2) is 19.6 Å². The van der Waals surface area contributed by atoms with Crippen molar-refractivity contribution in [2.45, 2.75) is 77.5 Å². The molecule has 2 saturated heterocycles. The van der Waals surface area contributed by atoms with Gasteiger partial charge in [-0.3, -0.25) is 9.59 Å². The van der Waals surface area contributed by atoms with Crippen LogP contribution >= 0.6 is 0 Å². The molecule has 4 N–H and O–H groups in total. The second-order valence-corrected chi connectivity index (χ2v) is 17.7. The SMILES string of the molecule is COC(=O)N[C@H](C(=O)N1C[C@@H](C#N)C[C@H]1c1ncc(-c2ccc(-c3ccc4cc(-c5cnc([C@@H]6CC7(CC7)CN6C(=O)[C@@H](NC(=O)OC)C(C)C)[nH]5)ccc4c3)cc2)[nH]1)C(C)C. The average molecular weight is 840 g/mol. The van der Waals surface area contributed by atoms with Gasteiger partial charge < -0.3 is 39.9 Å². The smallest absolute Gasteiger partial charge is 0.407 e. The number of methoxy groups -OCH3 is 2. The van der Waals surface area contributed by atoms with E-state index in [9.17, 15) is 24.4 Å². The minimum atomic E-state index is -0.808. The highest BCUT2D eigenvalue weighted by molar-refractivity contribution is 5.91. The van der Waals surface area contributed by atoms with Crippen LogP contribution in [0.5, 0.6) is 0 Å². The third kappa shape index (κ3) is 8.33. The summed E-state index contributed by atoms with van der Waals surface area (Å²) in [6.07, 6.45) is 5.70. The highest BCUT2D eigenvalue weighted by atomic mass is 16.5. The lowest BCUT2D eigenvalue weighted by atomic mass is 9.98. The van der Waals surface area contributed by atoms with Gasteiger partial charge in [0.2, 0.25) is 11.8 Å². The van der Waals surface area contributed by atoms with E-state index in [4.69, 9.17) is 14.5 Å².